The summed E-state index contributed by atoms with van der Waals surface area (Å²) in [5, 5.41) is 0.317. The summed E-state index contributed by atoms with van der Waals surface area (Å²) in [6, 6.07) is 12.0. The molecule has 0 saturated carbocycles. The van der Waals surface area contributed by atoms with E-state index in [1.165, 1.54) is 16.5 Å². The number of hydrogen-bond acceptors (Lipinski definition) is 5. The van der Waals surface area contributed by atoms with Crippen molar-refractivity contribution in [2.24, 2.45) is 0 Å². The summed E-state index contributed by atoms with van der Waals surface area (Å²) in [5.41, 5.74) is 1.48. The molecule has 0 amide bonds. The van der Waals surface area contributed by atoms with Gasteiger partial charge in [-0.05, 0) is 31.1 Å². The summed E-state index contributed by atoms with van der Waals surface area (Å²) in [6.07, 6.45) is 0. The molecule has 0 aliphatic rings. The van der Waals surface area contributed by atoms with Crippen molar-refractivity contribution in [2.45, 2.75) is 20.5 Å². The molecule has 3 rings (SSSR count). The molecule has 0 N–H and O–H groups in total. The van der Waals surface area contributed by atoms with Crippen molar-refractivity contribution in [1.82, 2.24) is 4.40 Å². The highest BCUT2D eigenvalue weighted by Crippen LogP contribution is 2.13. The molecule has 0 aliphatic carbocycles. The number of thiazole rings is 1. The van der Waals surface area contributed by atoms with E-state index in [-0.39, 0.29) is 22.5 Å². The molecule has 3 aromatic rings. The molecule has 2 heterocycles. The monoisotopic (exact) mass is 341 g/mol. The molecule has 122 valence electrons. The Bertz CT molecular complexity index is 1080. The summed E-state index contributed by atoms with van der Waals surface area (Å²) < 4.78 is 6.37. The molecule has 2 aromatic heterocycles. The van der Waals surface area contributed by atoms with E-state index in [2.05, 4.69) is 0 Å². The lowest BCUT2D eigenvalue weighted by Gasteiger charge is -2.06. The van der Waals surface area contributed by atoms with Crippen molar-refractivity contribution in [3.05, 3.63) is 78.8 Å². The molecular weight excluding hydrogens is 326 g/mol. The average Bonchev–Trinajstić information content (AvgIpc) is 2.92. The number of esters is 1. The van der Waals surface area contributed by atoms with Crippen LogP contribution in [-0.2, 0) is 11.3 Å². The quantitative estimate of drug-likeness (QED) is 0.684. The van der Waals surface area contributed by atoms with Gasteiger partial charge in [0, 0.05) is 6.07 Å². The summed E-state index contributed by atoms with van der Waals surface area (Å²) in [6.45, 7) is 3.65. The molecule has 0 saturated heterocycles. The highest BCUT2D eigenvalue weighted by molar-refractivity contribution is 7.15. The van der Waals surface area contributed by atoms with Gasteiger partial charge in [-0.1, -0.05) is 41.7 Å². The third-order valence-corrected chi connectivity index (χ3v) is 4.53. The number of hydrogen-bond donors (Lipinski definition) is 0. The fourth-order valence-corrected chi connectivity index (χ4v) is 3.55. The van der Waals surface area contributed by atoms with Gasteiger partial charge in [0.25, 0.3) is 10.3 Å². The van der Waals surface area contributed by atoms with Gasteiger partial charge in [-0.25, -0.2) is 4.79 Å². The van der Waals surface area contributed by atoms with E-state index in [4.69, 9.17) is 4.74 Å². The summed E-state index contributed by atoms with van der Waals surface area (Å²) in [7, 11) is 0. The Balaban J connectivity index is 2.05. The molecule has 1 aromatic carbocycles. The van der Waals surface area contributed by atoms with Gasteiger partial charge < -0.3 is 4.74 Å². The molecule has 0 bridgehead atoms. The highest BCUT2D eigenvalue weighted by atomic mass is 32.1. The molecule has 24 heavy (non-hydrogen) atoms. The fourth-order valence-electron chi connectivity index (χ4n) is 2.44. The lowest BCUT2D eigenvalue weighted by Crippen LogP contribution is -2.32. The lowest BCUT2D eigenvalue weighted by atomic mass is 10.2. The molecule has 5 nitrogen and oxygen atoms in total. The SMILES string of the molecule is CC(C)=c1c(=O)sc2c(C(=O)OCc3ccccc3)ccc(=O)n12. The predicted molar refractivity (Wildman–Crippen MR) is 93.3 cm³/mol. The molecule has 0 spiro atoms. The number of rotatable bonds is 3. The van der Waals surface area contributed by atoms with Gasteiger partial charge in [-0.15, -0.1) is 0 Å². The van der Waals surface area contributed by atoms with E-state index in [9.17, 15) is 14.4 Å². The maximum atomic E-state index is 12.4. The van der Waals surface area contributed by atoms with Crippen LogP contribution < -0.4 is 15.7 Å². The van der Waals surface area contributed by atoms with Gasteiger partial charge >= 0.3 is 5.97 Å². The molecule has 0 unspecified atom stereocenters. The van der Waals surface area contributed by atoms with E-state index in [1.807, 2.05) is 30.3 Å². The maximum Gasteiger partial charge on any atom is 0.341 e. The molecule has 0 radical (unpaired) electrons. The van der Waals surface area contributed by atoms with Crippen LogP contribution in [0.25, 0.3) is 10.4 Å². The zero-order valence-electron chi connectivity index (χ0n) is 13.2. The molecule has 0 fully saturated rings. The first-order valence-corrected chi connectivity index (χ1v) is 8.18. The van der Waals surface area contributed by atoms with Gasteiger partial charge in [0.2, 0.25) is 0 Å². The molecule has 0 atom stereocenters. The van der Waals surface area contributed by atoms with Crippen LogP contribution in [0, 0.1) is 0 Å². The largest absolute Gasteiger partial charge is 0.457 e. The zero-order valence-corrected chi connectivity index (χ0v) is 14.1. The summed E-state index contributed by atoms with van der Waals surface area (Å²) in [4.78, 5) is 37.0. The van der Waals surface area contributed by atoms with E-state index in [1.54, 1.807) is 13.8 Å². The number of pyridine rings is 1. The first-order chi connectivity index (χ1) is 11.5. The molecule has 6 heteroatoms. The van der Waals surface area contributed by atoms with Crippen LogP contribution in [0.2, 0.25) is 0 Å². The van der Waals surface area contributed by atoms with Crippen LogP contribution in [0.3, 0.4) is 0 Å². The second-order valence-corrected chi connectivity index (χ2v) is 6.49. The Labute approximate surface area is 141 Å². The van der Waals surface area contributed by atoms with Crippen molar-refractivity contribution in [2.75, 3.05) is 0 Å². The Morgan fingerprint density at radius 2 is 1.79 bits per heavy atom. The number of carbonyl (C=O) groups excluding carboxylic acids is 1. The minimum absolute atomic E-state index is 0.131. The van der Waals surface area contributed by atoms with E-state index in [0.29, 0.717) is 10.2 Å². The maximum absolute atomic E-state index is 12.4. The number of benzene rings is 1. The van der Waals surface area contributed by atoms with Crippen LogP contribution in [0.15, 0.2) is 52.1 Å². The van der Waals surface area contributed by atoms with Crippen LogP contribution in [0.5, 0.6) is 0 Å². The second-order valence-electron chi connectivity index (χ2n) is 5.53. The van der Waals surface area contributed by atoms with Crippen LogP contribution >= 0.6 is 11.3 Å². The number of nitrogens with zero attached hydrogens (tertiary/aromatic N) is 1. The minimum atomic E-state index is -0.557. The Morgan fingerprint density at radius 3 is 2.46 bits per heavy atom. The van der Waals surface area contributed by atoms with Crippen molar-refractivity contribution < 1.29 is 9.53 Å². The fraction of sp³-hybridized carbons (Fsp3) is 0.167. The highest BCUT2D eigenvalue weighted by Gasteiger charge is 2.17. The normalized spacial score (nSPS) is 10.8. The zero-order chi connectivity index (χ0) is 17.3. The Hall–Kier alpha value is -2.73. The first kappa shape index (κ1) is 16.1. The smallest absolute Gasteiger partial charge is 0.341 e. The third-order valence-electron chi connectivity index (χ3n) is 3.56. The topological polar surface area (TPSA) is 64.9 Å². The Kier molecular flexibility index (Phi) is 4.31. The number of carbonyl (C=O) groups is 1. The summed E-state index contributed by atoms with van der Waals surface area (Å²) >= 11 is 0.884. The van der Waals surface area contributed by atoms with Crippen molar-refractivity contribution in [3.8, 4) is 0 Å². The molecule has 0 aliphatic heterocycles. The third kappa shape index (κ3) is 2.88. The number of fused-ring (bicyclic) bond motifs is 1. The van der Waals surface area contributed by atoms with E-state index >= 15 is 0 Å². The summed E-state index contributed by atoms with van der Waals surface area (Å²) in [5.74, 6) is -0.557. The number of ether oxygens (including phenoxy) is 1. The van der Waals surface area contributed by atoms with Gasteiger partial charge in [-0.2, -0.15) is 0 Å². The van der Waals surface area contributed by atoms with Gasteiger partial charge in [0.15, 0.2) is 0 Å². The van der Waals surface area contributed by atoms with Crippen molar-refractivity contribution in [1.29, 1.82) is 0 Å². The lowest BCUT2D eigenvalue weighted by molar-refractivity contribution is 0.0475. The number of aromatic nitrogens is 1. The average molecular weight is 341 g/mol. The van der Waals surface area contributed by atoms with Gasteiger partial charge in [0.1, 0.15) is 16.8 Å². The second kappa shape index (κ2) is 6.41. The van der Waals surface area contributed by atoms with Crippen LogP contribution in [0.4, 0.5) is 0 Å². The van der Waals surface area contributed by atoms with Gasteiger partial charge in [-0.3, -0.25) is 14.0 Å². The van der Waals surface area contributed by atoms with E-state index < -0.39 is 5.97 Å². The standard InChI is InChI=1S/C18H15NO4S/c1-11(2)15-18(22)24-16-13(8-9-14(20)19(15)16)17(21)23-10-12-6-4-3-5-7-12/h3-9H,10H2,1-2H3. The first-order valence-electron chi connectivity index (χ1n) is 7.36. The predicted octanol–water partition coefficient (Wildman–Crippen LogP) is 1.99. The van der Waals surface area contributed by atoms with Crippen LogP contribution in [-0.4, -0.2) is 10.4 Å². The van der Waals surface area contributed by atoms with Crippen LogP contribution in [0.1, 0.15) is 29.8 Å². The van der Waals surface area contributed by atoms with Crippen molar-refractivity contribution in [3.63, 3.8) is 0 Å². The van der Waals surface area contributed by atoms with E-state index in [0.717, 1.165) is 22.5 Å². The van der Waals surface area contributed by atoms with Crippen molar-refractivity contribution >= 4 is 27.7 Å². The minimum Gasteiger partial charge on any atom is -0.457 e. The Morgan fingerprint density at radius 1 is 1.08 bits per heavy atom. The molecular formula is C18H15NO4S. The van der Waals surface area contributed by atoms with Gasteiger partial charge in [0.05, 0.1) is 5.56 Å².